The lowest BCUT2D eigenvalue weighted by Gasteiger charge is -2.08. The summed E-state index contributed by atoms with van der Waals surface area (Å²) in [6.45, 7) is 3.75. The first kappa shape index (κ1) is 12.9. The van der Waals surface area contributed by atoms with E-state index in [9.17, 15) is 8.42 Å². The van der Waals surface area contributed by atoms with Crippen LogP contribution in [0.2, 0.25) is 0 Å². The zero-order valence-electron chi connectivity index (χ0n) is 8.19. The molecular formula is C8H18O4S. The molecule has 0 aliphatic heterocycles. The summed E-state index contributed by atoms with van der Waals surface area (Å²) in [7, 11) is -4.27. The van der Waals surface area contributed by atoms with Crippen molar-refractivity contribution >= 4 is 10.4 Å². The van der Waals surface area contributed by atoms with Crippen molar-refractivity contribution in [2.45, 2.75) is 52.1 Å². The minimum atomic E-state index is -4.27. The predicted molar refractivity (Wildman–Crippen MR) is 50.9 cm³/mol. The van der Waals surface area contributed by atoms with E-state index < -0.39 is 16.5 Å². The lowest BCUT2D eigenvalue weighted by Crippen LogP contribution is -2.14. The monoisotopic (exact) mass is 210 g/mol. The van der Waals surface area contributed by atoms with E-state index in [1.807, 2.05) is 0 Å². The van der Waals surface area contributed by atoms with E-state index >= 15 is 0 Å². The van der Waals surface area contributed by atoms with E-state index in [1.165, 1.54) is 0 Å². The summed E-state index contributed by atoms with van der Waals surface area (Å²) >= 11 is 0. The molecule has 1 N–H and O–H groups in total. The lowest BCUT2D eigenvalue weighted by molar-refractivity contribution is 0.185. The van der Waals surface area contributed by atoms with E-state index in [-0.39, 0.29) is 0 Å². The van der Waals surface area contributed by atoms with Gasteiger partial charge >= 0.3 is 10.4 Å². The second-order valence-electron chi connectivity index (χ2n) is 3.18. The normalized spacial score (nSPS) is 14.4. The third kappa shape index (κ3) is 9.79. The topological polar surface area (TPSA) is 63.6 Å². The van der Waals surface area contributed by atoms with Crippen molar-refractivity contribution in [2.75, 3.05) is 0 Å². The molecule has 80 valence electrons. The Bertz CT molecular complexity index is 210. The molecule has 0 spiro atoms. The van der Waals surface area contributed by atoms with Crippen LogP contribution in [-0.4, -0.2) is 19.1 Å². The molecule has 0 heterocycles. The molecule has 0 unspecified atom stereocenters. The van der Waals surface area contributed by atoms with Crippen molar-refractivity contribution in [1.29, 1.82) is 0 Å². The average molecular weight is 210 g/mol. The van der Waals surface area contributed by atoms with Crippen molar-refractivity contribution in [3.05, 3.63) is 0 Å². The first-order valence-electron chi connectivity index (χ1n) is 4.61. The van der Waals surface area contributed by atoms with Gasteiger partial charge < -0.3 is 0 Å². The summed E-state index contributed by atoms with van der Waals surface area (Å²) in [6, 6.07) is 0. The molecule has 0 aliphatic carbocycles. The summed E-state index contributed by atoms with van der Waals surface area (Å²) in [5, 5.41) is 0. The number of hydrogen-bond donors (Lipinski definition) is 1. The summed E-state index contributed by atoms with van der Waals surface area (Å²) in [4.78, 5) is 0. The van der Waals surface area contributed by atoms with E-state index in [1.54, 1.807) is 6.92 Å². The number of unbranched alkanes of at least 4 members (excludes halogenated alkanes) is 3. The van der Waals surface area contributed by atoms with Crippen LogP contribution in [0.15, 0.2) is 0 Å². The standard InChI is InChI=1S/C8H18O4S/c1-3-4-5-6-7-8(2)12-13(9,10)11/h8H,3-7H2,1-2H3,(H,9,10,11)/t8-/m0/s1. The van der Waals surface area contributed by atoms with E-state index in [2.05, 4.69) is 11.1 Å². The van der Waals surface area contributed by atoms with Crippen LogP contribution < -0.4 is 0 Å². The lowest BCUT2D eigenvalue weighted by atomic mass is 10.1. The predicted octanol–water partition coefficient (Wildman–Crippen LogP) is 2.16. The minimum Gasteiger partial charge on any atom is -0.264 e. The fourth-order valence-electron chi connectivity index (χ4n) is 1.11. The van der Waals surface area contributed by atoms with Gasteiger partial charge in [-0.1, -0.05) is 32.6 Å². The van der Waals surface area contributed by atoms with Crippen molar-refractivity contribution in [1.82, 2.24) is 0 Å². The Labute approximate surface area is 80.2 Å². The van der Waals surface area contributed by atoms with Crippen LogP contribution in [-0.2, 0) is 14.6 Å². The second-order valence-corrected chi connectivity index (χ2v) is 4.23. The molecule has 0 bridgehead atoms. The van der Waals surface area contributed by atoms with Gasteiger partial charge in [0.05, 0.1) is 6.10 Å². The molecule has 0 saturated carbocycles. The van der Waals surface area contributed by atoms with Gasteiger partial charge in [0, 0.05) is 0 Å². The quantitative estimate of drug-likeness (QED) is 0.516. The molecule has 4 nitrogen and oxygen atoms in total. The molecule has 0 aromatic heterocycles. The largest absolute Gasteiger partial charge is 0.397 e. The van der Waals surface area contributed by atoms with Gasteiger partial charge in [-0.2, -0.15) is 8.42 Å². The van der Waals surface area contributed by atoms with Crippen molar-refractivity contribution in [2.24, 2.45) is 0 Å². The Morgan fingerprint density at radius 3 is 2.38 bits per heavy atom. The highest BCUT2D eigenvalue weighted by Gasteiger charge is 2.11. The SMILES string of the molecule is CCCCCC[C@H](C)OS(=O)(=O)O. The van der Waals surface area contributed by atoms with Crippen LogP contribution in [0.4, 0.5) is 0 Å². The second kappa shape index (κ2) is 6.34. The van der Waals surface area contributed by atoms with Gasteiger partial charge in [-0.05, 0) is 13.3 Å². The summed E-state index contributed by atoms with van der Waals surface area (Å²) < 4.78 is 33.2. The van der Waals surface area contributed by atoms with Crippen molar-refractivity contribution in [3.8, 4) is 0 Å². The summed E-state index contributed by atoms with van der Waals surface area (Å²) in [6.07, 6.45) is 4.55. The highest BCUT2D eigenvalue weighted by molar-refractivity contribution is 7.80. The van der Waals surface area contributed by atoms with Crippen molar-refractivity contribution in [3.63, 3.8) is 0 Å². The first-order valence-corrected chi connectivity index (χ1v) is 5.98. The molecule has 0 radical (unpaired) electrons. The first-order chi connectivity index (χ1) is 5.95. The van der Waals surface area contributed by atoms with Gasteiger partial charge in [0.1, 0.15) is 0 Å². The molecule has 0 aliphatic rings. The maximum Gasteiger partial charge on any atom is 0.397 e. The fourth-order valence-corrected chi connectivity index (χ4v) is 1.63. The number of hydrogen-bond acceptors (Lipinski definition) is 3. The smallest absolute Gasteiger partial charge is 0.264 e. The summed E-state index contributed by atoms with van der Waals surface area (Å²) in [5.41, 5.74) is 0. The molecule has 0 amide bonds. The molecule has 0 aromatic carbocycles. The van der Waals surface area contributed by atoms with Gasteiger partial charge in [-0.25, -0.2) is 4.18 Å². The van der Waals surface area contributed by atoms with Crippen molar-refractivity contribution < 1.29 is 17.2 Å². The van der Waals surface area contributed by atoms with Crippen LogP contribution in [0.3, 0.4) is 0 Å². The molecule has 0 rings (SSSR count). The minimum absolute atomic E-state index is 0.424. The van der Waals surface area contributed by atoms with E-state index in [0.717, 1.165) is 25.7 Å². The Hall–Kier alpha value is -0.130. The van der Waals surface area contributed by atoms with Gasteiger partial charge in [0.15, 0.2) is 0 Å². The maximum atomic E-state index is 10.3. The molecule has 0 saturated heterocycles. The highest BCUT2D eigenvalue weighted by atomic mass is 32.3. The van der Waals surface area contributed by atoms with Crippen LogP contribution in [0.5, 0.6) is 0 Å². The zero-order chi connectivity index (χ0) is 10.3. The molecule has 0 aromatic rings. The Balaban J connectivity index is 3.47. The maximum absolute atomic E-state index is 10.3. The van der Waals surface area contributed by atoms with E-state index in [4.69, 9.17) is 4.55 Å². The molecule has 0 fully saturated rings. The Morgan fingerprint density at radius 1 is 1.31 bits per heavy atom. The third-order valence-corrected chi connectivity index (χ3v) is 2.32. The Kier molecular flexibility index (Phi) is 6.28. The average Bonchev–Trinajstić information content (AvgIpc) is 1.94. The van der Waals surface area contributed by atoms with Gasteiger partial charge in [-0.3, -0.25) is 4.55 Å². The van der Waals surface area contributed by atoms with Crippen LogP contribution >= 0.6 is 0 Å². The van der Waals surface area contributed by atoms with E-state index in [0.29, 0.717) is 6.42 Å². The molecular weight excluding hydrogens is 192 g/mol. The molecule has 5 heteroatoms. The van der Waals surface area contributed by atoms with Crippen LogP contribution in [0, 0.1) is 0 Å². The third-order valence-electron chi connectivity index (χ3n) is 1.75. The Morgan fingerprint density at radius 2 is 1.92 bits per heavy atom. The van der Waals surface area contributed by atoms with Crippen LogP contribution in [0.1, 0.15) is 46.0 Å². The van der Waals surface area contributed by atoms with Gasteiger partial charge in [-0.15, -0.1) is 0 Å². The zero-order valence-corrected chi connectivity index (χ0v) is 9.01. The van der Waals surface area contributed by atoms with Gasteiger partial charge in [0.25, 0.3) is 0 Å². The molecule has 13 heavy (non-hydrogen) atoms. The number of rotatable bonds is 7. The van der Waals surface area contributed by atoms with Gasteiger partial charge in [0.2, 0.25) is 0 Å². The molecule has 1 atom stereocenters. The summed E-state index contributed by atoms with van der Waals surface area (Å²) in [5.74, 6) is 0. The van der Waals surface area contributed by atoms with Crippen LogP contribution in [0.25, 0.3) is 0 Å². The highest BCUT2D eigenvalue weighted by Crippen LogP contribution is 2.09. The fraction of sp³-hybridized carbons (Fsp3) is 1.00.